The third-order valence-electron chi connectivity index (χ3n) is 2.56. The molecule has 0 unspecified atom stereocenters. The van der Waals surface area contributed by atoms with Crippen LogP contribution in [-0.2, 0) is 0 Å². The molecular weight excluding hydrogens is 210 g/mol. The van der Waals surface area contributed by atoms with E-state index in [1.54, 1.807) is 0 Å². The molecule has 0 bridgehead atoms. The number of nitrogens with zero attached hydrogens (tertiary/aromatic N) is 1. The third kappa shape index (κ3) is 5.19. The molecule has 0 saturated carbocycles. The molecule has 1 aromatic rings. The van der Waals surface area contributed by atoms with Gasteiger partial charge in [-0.25, -0.2) is 0 Å². The van der Waals surface area contributed by atoms with Crippen LogP contribution in [-0.4, -0.2) is 54.2 Å². The summed E-state index contributed by atoms with van der Waals surface area (Å²) < 4.78 is 5.61. The van der Waals surface area contributed by atoms with Gasteiger partial charge in [-0.2, -0.15) is 18.2 Å². The average molecular weight is 230 g/mol. The van der Waals surface area contributed by atoms with E-state index in [9.17, 15) is 0 Å². The summed E-state index contributed by atoms with van der Waals surface area (Å²) in [5.74, 6) is 0.947. The molecule has 0 N–H and O–H groups in total. The Morgan fingerprint density at radius 1 is 1.19 bits per heavy atom. The SMILES string of the molecule is [CH3-].[Mg+2].[c-]1ccc(OCCN2CCCC2)cc1. The van der Waals surface area contributed by atoms with Crippen LogP contribution >= 0.6 is 0 Å². The zero-order valence-corrected chi connectivity index (χ0v) is 11.5. The van der Waals surface area contributed by atoms with E-state index in [1.807, 2.05) is 24.3 Å². The molecule has 0 atom stereocenters. The number of hydrogen-bond acceptors (Lipinski definition) is 2. The van der Waals surface area contributed by atoms with E-state index in [4.69, 9.17) is 4.74 Å². The van der Waals surface area contributed by atoms with Crippen molar-refractivity contribution in [2.75, 3.05) is 26.2 Å². The van der Waals surface area contributed by atoms with Crippen LogP contribution < -0.4 is 4.74 Å². The van der Waals surface area contributed by atoms with Gasteiger partial charge in [0, 0.05) is 12.3 Å². The molecule has 84 valence electrons. The van der Waals surface area contributed by atoms with E-state index in [0.717, 1.165) is 18.9 Å². The number of benzene rings is 1. The molecule has 2 rings (SSSR count). The van der Waals surface area contributed by atoms with Crippen molar-refractivity contribution < 1.29 is 4.74 Å². The molecule has 0 amide bonds. The Labute approximate surface area is 115 Å². The Balaban J connectivity index is 0.00000112. The molecule has 1 heterocycles. The topological polar surface area (TPSA) is 12.5 Å². The minimum absolute atomic E-state index is 0. The zero-order chi connectivity index (χ0) is 9.64. The Kier molecular flexibility index (Phi) is 8.71. The maximum atomic E-state index is 5.61. The smallest absolute Gasteiger partial charge is 0.518 e. The van der Waals surface area contributed by atoms with Gasteiger partial charge in [0.2, 0.25) is 0 Å². The molecule has 1 fully saturated rings. The molecule has 1 aliphatic rings. The Morgan fingerprint density at radius 3 is 2.44 bits per heavy atom. The van der Waals surface area contributed by atoms with Crippen molar-refractivity contribution in [2.24, 2.45) is 0 Å². The van der Waals surface area contributed by atoms with Gasteiger partial charge in [-0.1, -0.05) is 0 Å². The van der Waals surface area contributed by atoms with Gasteiger partial charge in [-0.15, -0.1) is 12.1 Å². The first-order chi connectivity index (χ1) is 6.95. The standard InChI is InChI=1S/C12H16NO.CH3.Mg/c1-2-6-12(7-3-1)14-11-10-13-8-4-5-9-13;;/h2-3,6-7H,4-5,8-11H2;1H3;/q2*-1;+2. The number of hydrogen-bond donors (Lipinski definition) is 0. The molecule has 0 aromatic heterocycles. The van der Waals surface area contributed by atoms with E-state index in [0.29, 0.717) is 0 Å². The van der Waals surface area contributed by atoms with E-state index < -0.39 is 0 Å². The summed E-state index contributed by atoms with van der Waals surface area (Å²) >= 11 is 0. The van der Waals surface area contributed by atoms with Crippen molar-refractivity contribution in [3.63, 3.8) is 0 Å². The summed E-state index contributed by atoms with van der Waals surface area (Å²) in [5.41, 5.74) is 0. The quantitative estimate of drug-likeness (QED) is 0.579. The van der Waals surface area contributed by atoms with Gasteiger partial charge in [0.15, 0.2) is 0 Å². The fraction of sp³-hybridized carbons (Fsp3) is 0.462. The Morgan fingerprint density at radius 2 is 1.81 bits per heavy atom. The first-order valence-corrected chi connectivity index (χ1v) is 5.26. The third-order valence-corrected chi connectivity index (χ3v) is 2.56. The second-order valence-electron chi connectivity index (χ2n) is 3.63. The average Bonchev–Trinajstić information content (AvgIpc) is 2.72. The van der Waals surface area contributed by atoms with Gasteiger partial charge in [0.25, 0.3) is 0 Å². The minimum Gasteiger partial charge on any atom is -0.518 e. The molecule has 3 heteroatoms. The fourth-order valence-corrected chi connectivity index (χ4v) is 1.77. The number of ether oxygens (including phenoxy) is 1. The summed E-state index contributed by atoms with van der Waals surface area (Å²) in [4.78, 5) is 2.45. The second-order valence-corrected chi connectivity index (χ2v) is 3.63. The van der Waals surface area contributed by atoms with Crippen molar-refractivity contribution >= 4 is 23.1 Å². The van der Waals surface area contributed by atoms with E-state index >= 15 is 0 Å². The van der Waals surface area contributed by atoms with Crippen molar-refractivity contribution in [3.8, 4) is 5.75 Å². The minimum atomic E-state index is 0. The van der Waals surface area contributed by atoms with Crippen LogP contribution in [0.5, 0.6) is 5.75 Å². The first kappa shape index (κ1) is 15.7. The molecule has 1 aromatic carbocycles. The summed E-state index contributed by atoms with van der Waals surface area (Å²) in [6.45, 7) is 4.33. The van der Waals surface area contributed by atoms with Gasteiger partial charge in [-0.05, 0) is 25.9 Å². The molecule has 16 heavy (non-hydrogen) atoms. The summed E-state index contributed by atoms with van der Waals surface area (Å²) in [6, 6.07) is 10.6. The predicted molar refractivity (Wildman–Crippen MR) is 68.6 cm³/mol. The number of rotatable bonds is 4. The van der Waals surface area contributed by atoms with Gasteiger partial charge in [0.05, 0.1) is 6.61 Å². The van der Waals surface area contributed by atoms with Crippen molar-refractivity contribution in [1.82, 2.24) is 4.90 Å². The zero-order valence-electron chi connectivity index (χ0n) is 10.1. The van der Waals surface area contributed by atoms with E-state index in [2.05, 4.69) is 11.0 Å². The normalized spacial score (nSPS) is 15.0. The molecule has 0 aliphatic carbocycles. The molecule has 0 radical (unpaired) electrons. The van der Waals surface area contributed by atoms with Crippen LogP contribution in [0.1, 0.15) is 12.8 Å². The van der Waals surface area contributed by atoms with Gasteiger partial charge in [0.1, 0.15) is 0 Å². The van der Waals surface area contributed by atoms with Crippen LogP contribution in [0.3, 0.4) is 0 Å². The molecule has 1 saturated heterocycles. The molecule has 0 spiro atoms. The van der Waals surface area contributed by atoms with Crippen molar-refractivity contribution in [3.05, 3.63) is 37.8 Å². The Bertz CT molecular complexity index is 260. The fourth-order valence-electron chi connectivity index (χ4n) is 1.77. The predicted octanol–water partition coefficient (Wildman–Crippen LogP) is 2.03. The molecule has 2 nitrogen and oxygen atoms in total. The van der Waals surface area contributed by atoms with E-state index in [1.165, 1.54) is 25.9 Å². The summed E-state index contributed by atoms with van der Waals surface area (Å²) in [6.07, 6.45) is 2.70. The van der Waals surface area contributed by atoms with Crippen LogP contribution in [0.2, 0.25) is 0 Å². The van der Waals surface area contributed by atoms with Gasteiger partial charge < -0.3 is 12.2 Å². The first-order valence-electron chi connectivity index (χ1n) is 5.26. The van der Waals surface area contributed by atoms with Crippen LogP contribution in [0, 0.1) is 13.5 Å². The van der Waals surface area contributed by atoms with Crippen molar-refractivity contribution in [1.29, 1.82) is 0 Å². The van der Waals surface area contributed by atoms with Gasteiger partial charge >= 0.3 is 23.1 Å². The summed E-state index contributed by atoms with van der Waals surface area (Å²) in [5, 5.41) is 0. The number of likely N-dealkylation sites (tertiary alicyclic amines) is 1. The second kappa shape index (κ2) is 8.85. The Hall–Kier alpha value is -0.254. The van der Waals surface area contributed by atoms with Crippen LogP contribution in [0.25, 0.3) is 0 Å². The summed E-state index contributed by atoms with van der Waals surface area (Å²) in [7, 11) is 0. The maximum Gasteiger partial charge on any atom is 2.00 e. The molecule has 1 aliphatic heterocycles. The maximum absolute atomic E-state index is 5.61. The van der Waals surface area contributed by atoms with Crippen LogP contribution in [0.4, 0.5) is 0 Å². The molecular formula is C13H19MgNO. The van der Waals surface area contributed by atoms with Crippen molar-refractivity contribution in [2.45, 2.75) is 12.8 Å². The largest absolute Gasteiger partial charge is 2.00 e. The van der Waals surface area contributed by atoms with Gasteiger partial charge in [-0.3, -0.25) is 4.90 Å². The van der Waals surface area contributed by atoms with E-state index in [-0.39, 0.29) is 30.5 Å². The van der Waals surface area contributed by atoms with Crippen LogP contribution in [0.15, 0.2) is 24.3 Å². The monoisotopic (exact) mass is 229 g/mol.